The summed E-state index contributed by atoms with van der Waals surface area (Å²) in [7, 11) is 10.7. The second-order valence-corrected chi connectivity index (χ2v) is 24.3. The Morgan fingerprint density at radius 1 is 0.548 bits per heavy atom. The molecule has 0 amide bonds. The van der Waals surface area contributed by atoms with Gasteiger partial charge in [-0.15, -0.1) is 74.6 Å². The number of hydrogen-bond acceptors (Lipinski definition) is 0. The van der Waals surface area contributed by atoms with E-state index in [-0.39, 0.29) is 10.8 Å². The molecule has 2 radical (unpaired) electrons. The van der Waals surface area contributed by atoms with Gasteiger partial charge >= 0.3 is 37.9 Å². The third-order valence-corrected chi connectivity index (χ3v) is 12.8. The molecule has 0 aromatic heterocycles. The van der Waals surface area contributed by atoms with Crippen molar-refractivity contribution in [1.29, 1.82) is 0 Å². The molecule has 0 N–H and O–H groups in total. The van der Waals surface area contributed by atoms with Crippen LogP contribution in [0.15, 0.2) is 152 Å². The predicted octanol–water partition coefficient (Wildman–Crippen LogP) is 15.9. The van der Waals surface area contributed by atoms with Crippen LogP contribution in [-0.4, -0.2) is 9.52 Å². The maximum atomic E-state index is 4.93. The maximum absolute atomic E-state index is 4.93. The van der Waals surface area contributed by atoms with Gasteiger partial charge in [-0.05, 0) is 46.6 Å². The Balaban J connectivity index is 0.000000155. The van der Waals surface area contributed by atoms with E-state index in [1.165, 1.54) is 87.6 Å². The Kier molecular flexibility index (Phi) is 16.4. The first-order chi connectivity index (χ1) is 29.6. The van der Waals surface area contributed by atoms with Crippen LogP contribution in [-0.2, 0) is 44.5 Å². The van der Waals surface area contributed by atoms with Crippen molar-refractivity contribution in [3.63, 3.8) is 0 Å². The Morgan fingerprint density at radius 2 is 0.968 bits per heavy atom. The fraction of sp³-hybridized carbons (Fsp3) is 0.276. The van der Waals surface area contributed by atoms with Crippen molar-refractivity contribution in [2.75, 3.05) is 0 Å². The molecule has 0 unspecified atom stereocenters. The van der Waals surface area contributed by atoms with E-state index in [1.807, 2.05) is 6.07 Å². The van der Waals surface area contributed by atoms with Gasteiger partial charge in [0.1, 0.15) is 0 Å². The van der Waals surface area contributed by atoms with Crippen molar-refractivity contribution in [2.24, 2.45) is 11.8 Å². The van der Waals surface area contributed by atoms with Crippen molar-refractivity contribution in [1.82, 2.24) is 0 Å². The zero-order chi connectivity index (χ0) is 44.6. The van der Waals surface area contributed by atoms with Crippen LogP contribution in [0.2, 0.25) is 0 Å². The molecule has 9 rings (SSSR count). The third kappa shape index (κ3) is 11.9. The minimum atomic E-state index is -0.826. The summed E-state index contributed by atoms with van der Waals surface area (Å²) in [6, 6.07) is 58.7. The van der Waals surface area contributed by atoms with Gasteiger partial charge in [-0.2, -0.15) is 41.6 Å². The zero-order valence-corrected chi connectivity index (χ0v) is 43.2. The van der Waals surface area contributed by atoms with E-state index in [0.717, 1.165) is 22.4 Å². The van der Waals surface area contributed by atoms with Gasteiger partial charge in [-0.3, -0.25) is 0 Å². The largest absolute Gasteiger partial charge is 0.184 e. The van der Waals surface area contributed by atoms with Crippen molar-refractivity contribution in [3.05, 3.63) is 180 Å². The normalized spacial score (nSPS) is 11.9. The molecule has 0 saturated carbocycles. The molecule has 8 aromatic carbocycles. The molecular weight excluding hydrogens is 887 g/mol. The summed E-state index contributed by atoms with van der Waals surface area (Å²) in [5, 5.41) is 8.35. The number of benzene rings is 6. The number of rotatable bonds is 6. The van der Waals surface area contributed by atoms with E-state index in [2.05, 4.69) is 221 Å². The van der Waals surface area contributed by atoms with Crippen LogP contribution < -0.4 is 10.4 Å². The molecule has 1 heterocycles. The Morgan fingerprint density at radius 3 is 1.40 bits per heavy atom. The first-order valence-corrected chi connectivity index (χ1v) is 29.3. The van der Waals surface area contributed by atoms with Crippen LogP contribution in [0, 0.1) is 17.9 Å². The predicted molar refractivity (Wildman–Crippen MR) is 272 cm³/mol. The number of hydrogen-bond donors (Lipinski definition) is 0. The van der Waals surface area contributed by atoms with E-state index < -0.39 is 20.8 Å². The fourth-order valence-electron chi connectivity index (χ4n) is 8.36. The van der Waals surface area contributed by atoms with Crippen LogP contribution in [0.4, 0.5) is 0 Å². The average Bonchev–Trinajstić information content (AvgIpc) is 3.98. The standard InChI is InChI=1S/2C23H27.C12H7Si.2ClH.Zr/c2*1-16(2)13-19-12-11-18-14-20(23(3,4)5)15-21(18)22(19)17-9-7-6-8-10-17;1-3-7-11-9(5-1)10-6-2-4-8-12(10)13-11;;;/h2*6-12,14-16H,13H2,1-5H3;1-7H;2*1H;/q3*-1;;;+2/p-2. The molecule has 0 fully saturated rings. The summed E-state index contributed by atoms with van der Waals surface area (Å²) in [5.41, 5.74) is 14.4. The molecule has 62 heavy (non-hydrogen) atoms. The summed E-state index contributed by atoms with van der Waals surface area (Å²) < 4.78 is 0. The molecule has 0 aliphatic carbocycles. The average molecular weight is 948 g/mol. The molecule has 1 aliphatic heterocycles. The van der Waals surface area contributed by atoms with E-state index in [9.17, 15) is 0 Å². The van der Waals surface area contributed by atoms with Gasteiger partial charge in [-0.1, -0.05) is 187 Å². The first-order valence-electron chi connectivity index (χ1n) is 22.0. The number of fused-ring (bicyclic) bond motifs is 5. The molecule has 0 atom stereocenters. The second-order valence-electron chi connectivity index (χ2n) is 19.3. The van der Waals surface area contributed by atoms with Crippen LogP contribution in [0.3, 0.4) is 0 Å². The summed E-state index contributed by atoms with van der Waals surface area (Å²) >= 11 is -0.826. The molecule has 0 bridgehead atoms. The summed E-state index contributed by atoms with van der Waals surface area (Å²) in [5.74, 6) is 1.32. The summed E-state index contributed by atoms with van der Waals surface area (Å²) in [4.78, 5) is 0. The topological polar surface area (TPSA) is 0 Å². The zero-order valence-electron chi connectivity index (χ0n) is 38.3. The molecular formula is C58H61Cl2SiZr-3. The molecule has 0 saturated heterocycles. The minimum absolute atomic E-state index is 0.186. The summed E-state index contributed by atoms with van der Waals surface area (Å²) in [6.07, 6.45) is 2.24. The monoisotopic (exact) mass is 945 g/mol. The van der Waals surface area contributed by atoms with E-state index >= 15 is 0 Å². The second kappa shape index (κ2) is 21.3. The summed E-state index contributed by atoms with van der Waals surface area (Å²) in [6.45, 7) is 22.9. The van der Waals surface area contributed by atoms with Gasteiger partial charge in [0.25, 0.3) is 0 Å². The number of halogens is 2. The molecule has 0 nitrogen and oxygen atoms in total. The van der Waals surface area contributed by atoms with Gasteiger partial charge in [0.05, 0.1) is 9.52 Å². The molecule has 0 spiro atoms. The van der Waals surface area contributed by atoms with E-state index in [4.69, 9.17) is 17.0 Å². The van der Waals surface area contributed by atoms with Crippen LogP contribution >= 0.6 is 17.0 Å². The quantitative estimate of drug-likeness (QED) is 0.115. The van der Waals surface area contributed by atoms with Crippen molar-refractivity contribution < 1.29 is 20.8 Å². The van der Waals surface area contributed by atoms with Crippen LogP contribution in [0.25, 0.3) is 54.9 Å². The van der Waals surface area contributed by atoms with E-state index in [0.29, 0.717) is 11.8 Å². The van der Waals surface area contributed by atoms with Crippen molar-refractivity contribution >= 4 is 58.5 Å². The van der Waals surface area contributed by atoms with E-state index in [1.54, 1.807) is 0 Å². The van der Waals surface area contributed by atoms with Gasteiger partial charge in [0.15, 0.2) is 0 Å². The minimum Gasteiger partial charge on any atom is -0.184 e. The Hall–Kier alpha value is -3.78. The smallest absolute Gasteiger partial charge is 0.0920 e. The third-order valence-electron chi connectivity index (χ3n) is 11.4. The first kappa shape index (κ1) is 47.7. The van der Waals surface area contributed by atoms with Gasteiger partial charge < -0.3 is 0 Å². The van der Waals surface area contributed by atoms with Gasteiger partial charge in [0.2, 0.25) is 0 Å². The SMILES string of the molecule is CC(C)Cc1ccc2[cH-]c(C(C)(C)C)cc2c1-c1ccccc1.CC(C)Cc1ccc2[cH-]c(C(C)(C)C)cc2c1-c1ccccc1.[Cl][Zr][Cl].[c-]1cccc2c1[Si]c1ccccc1-2. The molecule has 1 aliphatic rings. The van der Waals surface area contributed by atoms with Crippen LogP contribution in [0.1, 0.15) is 91.5 Å². The molecule has 318 valence electrons. The van der Waals surface area contributed by atoms with Crippen molar-refractivity contribution in [2.45, 2.75) is 92.9 Å². The van der Waals surface area contributed by atoms with Crippen LogP contribution in [0.5, 0.6) is 0 Å². The maximum Gasteiger partial charge on any atom is 0.0920 e. The Labute approximate surface area is 394 Å². The molecule has 4 heteroatoms. The van der Waals surface area contributed by atoms with Gasteiger partial charge in [0, 0.05) is 0 Å². The molecule has 8 aromatic rings. The Bertz CT molecular complexity index is 2480. The fourth-order valence-corrected chi connectivity index (χ4v) is 9.67. The van der Waals surface area contributed by atoms with Gasteiger partial charge in [-0.25, -0.2) is 0 Å². The van der Waals surface area contributed by atoms with Crippen molar-refractivity contribution in [3.8, 4) is 33.4 Å².